The average molecular weight is 384 g/mol. The summed E-state index contributed by atoms with van der Waals surface area (Å²) in [6.07, 6.45) is 4.85. The molecule has 0 atom stereocenters. The van der Waals surface area contributed by atoms with Crippen molar-refractivity contribution in [2.45, 2.75) is 32.2 Å². The number of rotatable bonds is 4. The quantitative estimate of drug-likeness (QED) is 0.708. The smallest absolute Gasteiger partial charge is 0.277 e. The van der Waals surface area contributed by atoms with E-state index in [0.717, 1.165) is 69.6 Å². The van der Waals surface area contributed by atoms with Gasteiger partial charge in [0, 0.05) is 13.1 Å². The average Bonchev–Trinajstić information content (AvgIpc) is 3.01. The van der Waals surface area contributed by atoms with E-state index in [-0.39, 0.29) is 0 Å². The van der Waals surface area contributed by atoms with Gasteiger partial charge in [-0.3, -0.25) is 4.79 Å². The minimum absolute atomic E-state index is 0.340. The first-order valence-electron chi connectivity index (χ1n) is 10.9. The van der Waals surface area contributed by atoms with Gasteiger partial charge in [0.25, 0.3) is 5.91 Å². The molecule has 0 aromatic heterocycles. The van der Waals surface area contributed by atoms with E-state index in [1.807, 2.05) is 24.3 Å². The van der Waals surface area contributed by atoms with E-state index in [1.54, 1.807) is 0 Å². The maximum Gasteiger partial charge on any atom is 0.277 e. The fourth-order valence-electron chi connectivity index (χ4n) is 4.72. The lowest BCUT2D eigenvalue weighted by Gasteiger charge is -2.31. The molecular weight excluding hydrogens is 350 g/mol. The highest BCUT2D eigenvalue weighted by Gasteiger charge is 2.28. The summed E-state index contributed by atoms with van der Waals surface area (Å²) in [4.78, 5) is 17.7. The number of hydrogen-bond donors (Lipinski definition) is 3. The molecule has 5 heteroatoms. The highest BCUT2D eigenvalue weighted by molar-refractivity contribution is 5.87. The molecule has 0 radical (unpaired) electrons. The molecule has 0 aliphatic carbocycles. The van der Waals surface area contributed by atoms with E-state index < -0.39 is 0 Å². The Morgan fingerprint density at radius 1 is 0.893 bits per heavy atom. The largest absolute Gasteiger partial charge is 0.507 e. The van der Waals surface area contributed by atoms with Crippen LogP contribution in [-0.2, 0) is 11.3 Å². The van der Waals surface area contributed by atoms with E-state index in [0.29, 0.717) is 18.2 Å². The van der Waals surface area contributed by atoms with Crippen molar-refractivity contribution in [1.29, 1.82) is 0 Å². The van der Waals surface area contributed by atoms with Crippen LogP contribution in [0.25, 0.3) is 10.8 Å². The van der Waals surface area contributed by atoms with Crippen LogP contribution in [0.3, 0.4) is 0 Å². The Bertz CT molecular complexity index is 807. The van der Waals surface area contributed by atoms with Gasteiger partial charge in [-0.25, -0.2) is 0 Å². The summed E-state index contributed by atoms with van der Waals surface area (Å²) in [5.74, 6) is 0.740. The number of quaternary nitrogens is 2. The summed E-state index contributed by atoms with van der Waals surface area (Å²) in [5.41, 5.74) is 1.05. The van der Waals surface area contributed by atoms with Gasteiger partial charge in [-0.15, -0.1) is 0 Å². The number of aromatic hydroxyl groups is 1. The Balaban J connectivity index is 1.32. The predicted molar refractivity (Wildman–Crippen MR) is 111 cm³/mol. The molecule has 0 saturated carbocycles. The minimum Gasteiger partial charge on any atom is -0.507 e. The molecule has 4 rings (SSSR count). The van der Waals surface area contributed by atoms with E-state index in [9.17, 15) is 9.90 Å². The first kappa shape index (κ1) is 19.2. The second-order valence-electron chi connectivity index (χ2n) is 8.43. The zero-order valence-electron chi connectivity index (χ0n) is 16.8. The molecule has 0 spiro atoms. The number of likely N-dealkylation sites (tertiary alicyclic amines) is 1. The molecule has 0 bridgehead atoms. The van der Waals surface area contributed by atoms with Crippen molar-refractivity contribution < 1.29 is 19.7 Å². The normalized spacial score (nSPS) is 23.5. The predicted octanol–water partition coefficient (Wildman–Crippen LogP) is 0.231. The first-order valence-corrected chi connectivity index (χ1v) is 10.9. The van der Waals surface area contributed by atoms with Gasteiger partial charge in [-0.2, -0.15) is 0 Å². The molecule has 2 fully saturated rings. The number of phenols is 1. The van der Waals surface area contributed by atoms with Crippen LogP contribution in [0.1, 0.15) is 31.2 Å². The van der Waals surface area contributed by atoms with Crippen molar-refractivity contribution in [2.24, 2.45) is 0 Å². The number of hydrogen-bond acceptors (Lipinski definition) is 2. The molecule has 28 heavy (non-hydrogen) atoms. The number of carbonyl (C=O) groups excluding carboxylic acids is 1. The molecule has 5 nitrogen and oxygen atoms in total. The molecular formula is C23H33N3O2+2. The number of fused-ring (bicyclic) bond motifs is 1. The molecule has 2 heterocycles. The molecule has 1 amide bonds. The van der Waals surface area contributed by atoms with Crippen LogP contribution in [0.15, 0.2) is 36.4 Å². The fraction of sp³-hybridized carbons (Fsp3) is 0.522. The van der Waals surface area contributed by atoms with Crippen LogP contribution in [0, 0.1) is 0 Å². The number of carbonyl (C=O) groups is 1. The maximum absolute atomic E-state index is 12.6. The highest BCUT2D eigenvalue weighted by Crippen LogP contribution is 2.26. The lowest BCUT2D eigenvalue weighted by atomic mass is 10.0. The molecule has 2 aromatic rings. The van der Waals surface area contributed by atoms with Crippen molar-refractivity contribution >= 4 is 16.7 Å². The van der Waals surface area contributed by atoms with Crippen molar-refractivity contribution in [3.63, 3.8) is 0 Å². The van der Waals surface area contributed by atoms with Gasteiger partial charge in [-0.05, 0) is 29.7 Å². The Morgan fingerprint density at radius 3 is 2.32 bits per heavy atom. The van der Waals surface area contributed by atoms with Crippen LogP contribution in [0.4, 0.5) is 0 Å². The van der Waals surface area contributed by atoms with Gasteiger partial charge in [0.15, 0.2) is 6.54 Å². The summed E-state index contributed by atoms with van der Waals surface area (Å²) in [5, 5.41) is 12.7. The van der Waals surface area contributed by atoms with Gasteiger partial charge in [-0.1, -0.05) is 43.2 Å². The van der Waals surface area contributed by atoms with Crippen molar-refractivity contribution in [3.8, 4) is 5.75 Å². The van der Waals surface area contributed by atoms with Crippen LogP contribution in [0.2, 0.25) is 0 Å². The van der Waals surface area contributed by atoms with Crippen molar-refractivity contribution in [1.82, 2.24) is 4.90 Å². The third kappa shape index (κ3) is 4.47. The minimum atomic E-state index is 0.340. The number of nitrogens with zero attached hydrogens (tertiary/aromatic N) is 1. The topological polar surface area (TPSA) is 49.4 Å². The third-order valence-corrected chi connectivity index (χ3v) is 6.47. The number of piperazine rings is 1. The summed E-state index contributed by atoms with van der Waals surface area (Å²) < 4.78 is 0. The third-order valence-electron chi connectivity index (χ3n) is 6.47. The van der Waals surface area contributed by atoms with E-state index in [2.05, 4.69) is 17.0 Å². The van der Waals surface area contributed by atoms with Gasteiger partial charge < -0.3 is 19.8 Å². The summed E-state index contributed by atoms with van der Waals surface area (Å²) >= 11 is 0. The lowest BCUT2D eigenvalue weighted by Crippen LogP contribution is -3.28. The summed E-state index contributed by atoms with van der Waals surface area (Å²) in [7, 11) is 0. The first-order chi connectivity index (χ1) is 13.7. The number of benzene rings is 2. The Morgan fingerprint density at radius 2 is 1.57 bits per heavy atom. The monoisotopic (exact) mass is 383 g/mol. The highest BCUT2D eigenvalue weighted by atomic mass is 16.3. The SMILES string of the molecule is O=C(C[NH+]1CC[NH+](Cc2c(O)ccc3ccccc23)CC1)N1CCCCCC1. The van der Waals surface area contributed by atoms with Gasteiger partial charge in [0.1, 0.15) is 38.5 Å². The Hall–Kier alpha value is -2.11. The van der Waals surface area contributed by atoms with Gasteiger partial charge in [0.05, 0.1) is 5.56 Å². The molecule has 2 aliphatic rings. The molecule has 3 N–H and O–H groups in total. The fourth-order valence-corrected chi connectivity index (χ4v) is 4.72. The zero-order chi connectivity index (χ0) is 19.3. The zero-order valence-corrected chi connectivity index (χ0v) is 16.8. The maximum atomic E-state index is 12.6. The second kappa shape index (κ2) is 8.93. The standard InChI is InChI=1S/C23H31N3O2/c27-22-10-9-19-7-3-4-8-20(19)21(22)17-24-13-15-25(16-14-24)18-23(28)26-11-5-1-2-6-12-26/h3-4,7-10,27H,1-2,5-6,11-18H2/p+2. The lowest BCUT2D eigenvalue weighted by molar-refractivity contribution is -1.02. The molecule has 2 aliphatic heterocycles. The molecule has 150 valence electrons. The van der Waals surface area contributed by atoms with Gasteiger partial charge in [0.2, 0.25) is 0 Å². The van der Waals surface area contributed by atoms with E-state index in [1.165, 1.54) is 28.0 Å². The summed E-state index contributed by atoms with van der Waals surface area (Å²) in [6, 6.07) is 12.1. The molecule has 2 saturated heterocycles. The van der Waals surface area contributed by atoms with Crippen LogP contribution in [-0.4, -0.2) is 61.7 Å². The van der Waals surface area contributed by atoms with Crippen LogP contribution in [0.5, 0.6) is 5.75 Å². The van der Waals surface area contributed by atoms with Gasteiger partial charge >= 0.3 is 0 Å². The number of nitrogens with one attached hydrogen (secondary N) is 2. The summed E-state index contributed by atoms with van der Waals surface area (Å²) in [6.45, 7) is 7.54. The van der Waals surface area contributed by atoms with Crippen LogP contribution < -0.4 is 9.80 Å². The Labute approximate surface area is 167 Å². The van der Waals surface area contributed by atoms with Crippen molar-refractivity contribution in [3.05, 3.63) is 42.0 Å². The number of amides is 1. The van der Waals surface area contributed by atoms with E-state index in [4.69, 9.17) is 0 Å². The second-order valence-corrected chi connectivity index (χ2v) is 8.43. The molecule has 2 aromatic carbocycles. The van der Waals surface area contributed by atoms with Crippen LogP contribution >= 0.6 is 0 Å². The Kier molecular flexibility index (Phi) is 6.13. The van der Waals surface area contributed by atoms with Crippen molar-refractivity contribution in [2.75, 3.05) is 45.8 Å². The number of phenolic OH excluding ortho intramolecular Hbond substituents is 1. The van der Waals surface area contributed by atoms with E-state index >= 15 is 0 Å². The molecule has 0 unspecified atom stereocenters.